The molecule has 0 amide bonds. The third-order valence-electron chi connectivity index (χ3n) is 23.0. The molecule has 0 spiro atoms. The van der Waals surface area contributed by atoms with Crippen molar-refractivity contribution in [2.75, 3.05) is 0 Å². The molecule has 22 rings (SSSR count). The number of aromatic nitrogens is 4. The van der Waals surface area contributed by atoms with Crippen LogP contribution in [-0.4, -0.2) is 18.3 Å². The van der Waals surface area contributed by atoms with E-state index in [1.165, 1.54) is 198 Å². The van der Waals surface area contributed by atoms with E-state index in [4.69, 9.17) is 0 Å². The molecule has 0 fully saturated rings. The van der Waals surface area contributed by atoms with Crippen LogP contribution in [-0.2, 0) is 10.8 Å². The summed E-state index contributed by atoms with van der Waals surface area (Å²) < 4.78 is 9.73. The molecule has 4 heterocycles. The van der Waals surface area contributed by atoms with Gasteiger partial charge in [-0.1, -0.05) is 240 Å². The summed E-state index contributed by atoms with van der Waals surface area (Å²) in [4.78, 5) is 0. The first-order chi connectivity index (χ1) is 50.1. The maximum Gasteiger partial charge on any atom is 0.0547 e. The van der Waals surface area contributed by atoms with Crippen LogP contribution in [0.4, 0.5) is 0 Å². The summed E-state index contributed by atoms with van der Waals surface area (Å²) in [5, 5.41) is 15.3. The molecule has 4 heteroatoms. The Kier molecular flexibility index (Phi) is 12.5. The molecule has 102 heavy (non-hydrogen) atoms. The zero-order chi connectivity index (χ0) is 67.7. The van der Waals surface area contributed by atoms with E-state index in [0.717, 1.165) is 0 Å². The Hall–Kier alpha value is -12.8. The fraction of sp³-hybridized carbons (Fsp3) is 0.0612. The second-order valence-electron chi connectivity index (χ2n) is 29.2. The van der Waals surface area contributed by atoms with Crippen molar-refractivity contribution in [2.24, 2.45) is 0 Å². The first-order valence-electron chi connectivity index (χ1n) is 35.7. The SMILES string of the molecule is CC1(C)c2ccccc2-c2c1ccc1c2c2cc(-c3ccc4c(c3)c3ccccc3n4-c3ccccc3)ccc2n1-c1ccc2ccccc2c1.CC1(C)c2ccccc2-c2cc3c(cc21)c1cc(-c2ccc4c(c2)c2ccccc2n4-c2ccccc2)ccc1n3-c1ccc2ccccc2c1. The Balaban J connectivity index is 0.000000133. The number of hydrogen-bond donors (Lipinski definition) is 0. The average molecular weight is 1300 g/mol. The normalized spacial score (nSPS) is 13.5. The molecule has 0 radical (unpaired) electrons. The molecule has 0 saturated heterocycles. The van der Waals surface area contributed by atoms with Gasteiger partial charge in [-0.25, -0.2) is 0 Å². The largest absolute Gasteiger partial charge is 0.309 e. The molecule has 20 aromatic rings. The topological polar surface area (TPSA) is 19.7 Å². The minimum absolute atomic E-state index is 0.0763. The quantitative estimate of drug-likeness (QED) is 0.158. The van der Waals surface area contributed by atoms with Gasteiger partial charge in [0.05, 0.1) is 44.1 Å². The number of nitrogens with zero attached hydrogens (tertiary/aromatic N) is 4. The maximum atomic E-state index is 2.49. The van der Waals surface area contributed by atoms with Crippen LogP contribution < -0.4 is 0 Å². The van der Waals surface area contributed by atoms with Crippen LogP contribution in [0.5, 0.6) is 0 Å². The molecule has 0 atom stereocenters. The van der Waals surface area contributed by atoms with Gasteiger partial charge in [0.2, 0.25) is 0 Å². The van der Waals surface area contributed by atoms with Crippen molar-refractivity contribution in [2.45, 2.75) is 38.5 Å². The van der Waals surface area contributed by atoms with Crippen molar-refractivity contribution in [3.8, 4) is 67.3 Å². The van der Waals surface area contributed by atoms with Crippen LogP contribution >= 0.6 is 0 Å². The second kappa shape index (κ2) is 21.9. The molecular formula is C98H68N4. The summed E-state index contributed by atoms with van der Waals surface area (Å²) in [6.45, 7) is 9.49. The second-order valence-corrected chi connectivity index (χ2v) is 29.2. The highest BCUT2D eigenvalue weighted by Crippen LogP contribution is 2.55. The average Bonchev–Trinajstić information content (AvgIpc) is 1.54. The fourth-order valence-electron chi connectivity index (χ4n) is 18.1. The van der Waals surface area contributed by atoms with E-state index in [1.807, 2.05) is 0 Å². The number of para-hydroxylation sites is 4. The van der Waals surface area contributed by atoms with Gasteiger partial charge in [0.15, 0.2) is 0 Å². The molecule has 16 aromatic carbocycles. The van der Waals surface area contributed by atoms with Gasteiger partial charge in [-0.05, 0) is 216 Å². The molecule has 0 unspecified atom stereocenters. The summed E-state index contributed by atoms with van der Waals surface area (Å²) >= 11 is 0. The van der Waals surface area contributed by atoms with Gasteiger partial charge >= 0.3 is 0 Å². The first-order valence-corrected chi connectivity index (χ1v) is 35.7. The summed E-state index contributed by atoms with van der Waals surface area (Å²) in [5.41, 5.74) is 30.3. The van der Waals surface area contributed by atoms with E-state index in [2.05, 4.69) is 386 Å². The third-order valence-corrected chi connectivity index (χ3v) is 23.0. The van der Waals surface area contributed by atoms with E-state index in [0.29, 0.717) is 0 Å². The van der Waals surface area contributed by atoms with E-state index >= 15 is 0 Å². The Bertz CT molecular complexity index is 6840. The van der Waals surface area contributed by atoms with Gasteiger partial charge in [-0.3, -0.25) is 0 Å². The zero-order valence-electron chi connectivity index (χ0n) is 57.1. The highest BCUT2D eigenvalue weighted by Gasteiger charge is 2.39. The van der Waals surface area contributed by atoms with Crippen molar-refractivity contribution < 1.29 is 0 Å². The first kappa shape index (κ1) is 58.2. The minimum Gasteiger partial charge on any atom is -0.309 e. The molecule has 0 saturated carbocycles. The predicted octanol–water partition coefficient (Wildman–Crippen LogP) is 26.0. The smallest absolute Gasteiger partial charge is 0.0547 e. The number of benzene rings is 16. The van der Waals surface area contributed by atoms with Crippen LogP contribution in [0, 0.1) is 0 Å². The minimum atomic E-state index is -0.0763. The lowest BCUT2D eigenvalue weighted by atomic mass is 9.82. The van der Waals surface area contributed by atoms with Gasteiger partial charge in [0, 0.05) is 76.7 Å². The zero-order valence-corrected chi connectivity index (χ0v) is 57.1. The molecule has 480 valence electrons. The van der Waals surface area contributed by atoms with Crippen LogP contribution in [0.1, 0.15) is 49.9 Å². The van der Waals surface area contributed by atoms with Gasteiger partial charge in [-0.15, -0.1) is 0 Å². The summed E-state index contributed by atoms with van der Waals surface area (Å²) in [5.74, 6) is 0. The molecule has 4 nitrogen and oxygen atoms in total. The standard InChI is InChI=1S/2C49H34N2/c1-49(2)41-18-10-8-17-38(41)47-42(49)24-27-46-48(47)40-30-34(22-26-45(40)51(46)36-23-20-31-12-6-7-13-32(31)28-36)33-21-25-44-39(29-33)37-16-9-11-19-43(37)50(44)35-14-4-3-5-15-35;1-49(2)43-18-10-8-16-37(43)39-30-48-42(29-44(39)49)41-28-34(22-25-47(41)51(48)36-23-20-31-12-6-7-13-32(31)26-36)33-21-24-46-40(27-33)38-17-9-11-19-45(38)50(46)35-14-4-3-5-15-35/h2*3-30H,1-2H3. The Labute approximate surface area is 591 Å². The van der Waals surface area contributed by atoms with Gasteiger partial charge in [-0.2, -0.15) is 0 Å². The van der Waals surface area contributed by atoms with Crippen LogP contribution in [0.3, 0.4) is 0 Å². The van der Waals surface area contributed by atoms with E-state index in [9.17, 15) is 0 Å². The molecule has 2 aliphatic carbocycles. The van der Waals surface area contributed by atoms with Crippen molar-refractivity contribution in [3.63, 3.8) is 0 Å². The van der Waals surface area contributed by atoms with Crippen molar-refractivity contribution >= 4 is 109 Å². The van der Waals surface area contributed by atoms with Crippen molar-refractivity contribution in [1.29, 1.82) is 0 Å². The lowest BCUT2D eigenvalue weighted by molar-refractivity contribution is 0.661. The predicted molar refractivity (Wildman–Crippen MR) is 431 cm³/mol. The lowest BCUT2D eigenvalue weighted by Crippen LogP contribution is -2.14. The highest BCUT2D eigenvalue weighted by molar-refractivity contribution is 6.20. The summed E-state index contributed by atoms with van der Waals surface area (Å²) in [7, 11) is 0. The van der Waals surface area contributed by atoms with Gasteiger partial charge in [0.25, 0.3) is 0 Å². The lowest BCUT2D eigenvalue weighted by Gasteiger charge is -2.21. The van der Waals surface area contributed by atoms with E-state index < -0.39 is 0 Å². The van der Waals surface area contributed by atoms with E-state index in [1.54, 1.807) is 0 Å². The highest BCUT2D eigenvalue weighted by atomic mass is 15.0. The third kappa shape index (κ3) is 8.50. The summed E-state index contributed by atoms with van der Waals surface area (Å²) in [6, 6.07) is 126. The van der Waals surface area contributed by atoms with Gasteiger partial charge in [0.1, 0.15) is 0 Å². The fourth-order valence-corrected chi connectivity index (χ4v) is 18.1. The van der Waals surface area contributed by atoms with E-state index in [-0.39, 0.29) is 10.8 Å². The Morgan fingerprint density at radius 1 is 0.196 bits per heavy atom. The number of hydrogen-bond acceptors (Lipinski definition) is 0. The van der Waals surface area contributed by atoms with Crippen LogP contribution in [0.25, 0.3) is 176 Å². The monoisotopic (exact) mass is 1300 g/mol. The molecular weight excluding hydrogens is 1230 g/mol. The van der Waals surface area contributed by atoms with Crippen LogP contribution in [0.2, 0.25) is 0 Å². The van der Waals surface area contributed by atoms with Gasteiger partial charge < -0.3 is 18.3 Å². The van der Waals surface area contributed by atoms with Crippen molar-refractivity contribution in [1.82, 2.24) is 18.3 Å². The molecule has 0 bridgehead atoms. The number of fused-ring (bicyclic) bond motifs is 21. The Morgan fingerprint density at radius 3 is 1.11 bits per heavy atom. The molecule has 2 aliphatic rings. The molecule has 0 aliphatic heterocycles. The Morgan fingerprint density at radius 2 is 0.569 bits per heavy atom. The van der Waals surface area contributed by atoms with Crippen molar-refractivity contribution in [3.05, 3.63) is 362 Å². The molecule has 0 N–H and O–H groups in total. The van der Waals surface area contributed by atoms with Crippen LogP contribution in [0.15, 0.2) is 340 Å². The summed E-state index contributed by atoms with van der Waals surface area (Å²) in [6.07, 6.45) is 0. The molecule has 4 aromatic heterocycles. The maximum absolute atomic E-state index is 2.49. The number of rotatable bonds is 6.